The summed E-state index contributed by atoms with van der Waals surface area (Å²) >= 11 is 0. The van der Waals surface area contributed by atoms with Gasteiger partial charge in [-0.05, 0) is 12.3 Å². The average Bonchev–Trinajstić information content (AvgIpc) is 2.09. The molecule has 0 aromatic heterocycles. The third kappa shape index (κ3) is 2.53. The van der Waals surface area contributed by atoms with Crippen LogP contribution in [0.5, 0.6) is 0 Å². The van der Waals surface area contributed by atoms with E-state index in [0.29, 0.717) is 19.4 Å². The molecule has 0 aromatic carbocycles. The van der Waals surface area contributed by atoms with Crippen molar-refractivity contribution < 1.29 is 14.3 Å². The second-order valence-electron chi connectivity index (χ2n) is 2.99. The Labute approximate surface area is 71.3 Å². The molecule has 1 fully saturated rings. The van der Waals surface area contributed by atoms with Gasteiger partial charge in [-0.2, -0.15) is 0 Å². The topological polar surface area (TPSA) is 55.4 Å². The first kappa shape index (κ1) is 9.03. The van der Waals surface area contributed by atoms with Gasteiger partial charge >= 0.3 is 5.97 Å². The van der Waals surface area contributed by atoms with Crippen LogP contribution in [-0.2, 0) is 14.3 Å². The zero-order valence-electron chi connectivity index (χ0n) is 7.13. The summed E-state index contributed by atoms with van der Waals surface area (Å²) in [6.07, 6.45) is 1.74. The molecule has 1 atom stereocenters. The number of carbonyl (C=O) groups excluding carboxylic acids is 2. The molecule has 0 unspecified atom stereocenters. The molecule has 4 nitrogen and oxygen atoms in total. The van der Waals surface area contributed by atoms with E-state index >= 15 is 0 Å². The number of amides is 1. The minimum absolute atomic E-state index is 0.0797. The van der Waals surface area contributed by atoms with Gasteiger partial charge in [0.25, 0.3) is 0 Å². The molecule has 1 N–H and O–H groups in total. The zero-order chi connectivity index (χ0) is 8.97. The maximum atomic E-state index is 10.8. The van der Waals surface area contributed by atoms with Crippen LogP contribution in [0.4, 0.5) is 0 Å². The quantitative estimate of drug-likeness (QED) is 0.598. The number of rotatable bonds is 2. The van der Waals surface area contributed by atoms with Gasteiger partial charge in [0.1, 0.15) is 0 Å². The molecule has 0 saturated carbocycles. The number of piperidine rings is 1. The van der Waals surface area contributed by atoms with Crippen LogP contribution in [0.3, 0.4) is 0 Å². The number of hydrogen-bond acceptors (Lipinski definition) is 3. The molecule has 1 rings (SSSR count). The van der Waals surface area contributed by atoms with E-state index in [4.69, 9.17) is 0 Å². The highest BCUT2D eigenvalue weighted by Crippen LogP contribution is 2.14. The Morgan fingerprint density at radius 3 is 3.00 bits per heavy atom. The Bertz CT molecular complexity index is 181. The molecule has 0 spiro atoms. The minimum atomic E-state index is -0.198. The Kier molecular flexibility index (Phi) is 3.08. The number of ether oxygens (including phenoxy) is 1. The Morgan fingerprint density at radius 1 is 1.75 bits per heavy atom. The lowest BCUT2D eigenvalue weighted by molar-refractivity contribution is -0.142. The van der Waals surface area contributed by atoms with E-state index < -0.39 is 0 Å². The van der Waals surface area contributed by atoms with E-state index in [-0.39, 0.29) is 17.8 Å². The maximum Gasteiger partial charge on any atom is 0.305 e. The van der Waals surface area contributed by atoms with Crippen molar-refractivity contribution in [1.82, 2.24) is 5.32 Å². The van der Waals surface area contributed by atoms with Gasteiger partial charge in [0, 0.05) is 13.0 Å². The molecule has 1 aliphatic heterocycles. The van der Waals surface area contributed by atoms with Crippen LogP contribution < -0.4 is 5.32 Å². The van der Waals surface area contributed by atoms with Gasteiger partial charge in [-0.15, -0.1) is 0 Å². The molecular weight excluding hydrogens is 158 g/mol. The van der Waals surface area contributed by atoms with Crippen molar-refractivity contribution in [2.24, 2.45) is 5.92 Å². The molecule has 68 valence electrons. The molecule has 1 aliphatic rings. The molecule has 0 radical (unpaired) electrons. The lowest BCUT2D eigenvalue weighted by Gasteiger charge is -2.20. The van der Waals surface area contributed by atoms with Gasteiger partial charge in [-0.1, -0.05) is 0 Å². The van der Waals surface area contributed by atoms with Gasteiger partial charge in [0.2, 0.25) is 5.91 Å². The van der Waals surface area contributed by atoms with Crippen LogP contribution in [0.15, 0.2) is 0 Å². The van der Waals surface area contributed by atoms with E-state index in [0.717, 1.165) is 6.42 Å². The smallest absolute Gasteiger partial charge is 0.305 e. The lowest BCUT2D eigenvalue weighted by Crippen LogP contribution is -2.35. The predicted octanol–water partition coefficient (Wildman–Crippen LogP) is 0.0757. The number of esters is 1. The van der Waals surface area contributed by atoms with Crippen molar-refractivity contribution in [2.75, 3.05) is 13.7 Å². The zero-order valence-corrected chi connectivity index (χ0v) is 7.13. The van der Waals surface area contributed by atoms with E-state index in [1.807, 2.05) is 0 Å². The number of nitrogens with one attached hydrogen (secondary N) is 1. The number of carbonyl (C=O) groups is 2. The second kappa shape index (κ2) is 4.09. The Balaban J connectivity index is 2.26. The second-order valence-corrected chi connectivity index (χ2v) is 2.99. The highest BCUT2D eigenvalue weighted by atomic mass is 16.5. The van der Waals surface area contributed by atoms with Crippen LogP contribution in [0, 0.1) is 5.92 Å². The summed E-state index contributed by atoms with van der Waals surface area (Å²) in [7, 11) is 1.38. The lowest BCUT2D eigenvalue weighted by atomic mass is 9.96. The summed E-state index contributed by atoms with van der Waals surface area (Å²) in [5.74, 6) is 0.141. The predicted molar refractivity (Wildman–Crippen MR) is 42.4 cm³/mol. The van der Waals surface area contributed by atoms with Crippen LogP contribution in [0.1, 0.15) is 19.3 Å². The van der Waals surface area contributed by atoms with Crippen LogP contribution in [0.2, 0.25) is 0 Å². The Hall–Kier alpha value is -1.06. The fraction of sp³-hybridized carbons (Fsp3) is 0.750. The molecule has 0 aromatic rings. The third-order valence-corrected chi connectivity index (χ3v) is 2.05. The summed E-state index contributed by atoms with van der Waals surface area (Å²) < 4.78 is 4.53. The van der Waals surface area contributed by atoms with Gasteiger partial charge in [-0.3, -0.25) is 9.59 Å². The number of methoxy groups -OCH3 is 1. The van der Waals surface area contributed by atoms with Gasteiger partial charge in [-0.25, -0.2) is 0 Å². The molecule has 12 heavy (non-hydrogen) atoms. The molecule has 0 aliphatic carbocycles. The van der Waals surface area contributed by atoms with E-state index in [1.54, 1.807) is 0 Å². The van der Waals surface area contributed by atoms with Gasteiger partial charge < -0.3 is 10.1 Å². The number of hydrogen-bond donors (Lipinski definition) is 1. The first-order chi connectivity index (χ1) is 5.72. The molecule has 1 amide bonds. The van der Waals surface area contributed by atoms with Crippen LogP contribution in [0.25, 0.3) is 0 Å². The summed E-state index contributed by atoms with van der Waals surface area (Å²) in [6.45, 7) is 0.605. The van der Waals surface area contributed by atoms with Gasteiger partial charge in [0.15, 0.2) is 0 Å². The van der Waals surface area contributed by atoms with Crippen molar-refractivity contribution in [3.8, 4) is 0 Å². The van der Waals surface area contributed by atoms with Crippen molar-refractivity contribution in [2.45, 2.75) is 19.3 Å². The SMILES string of the molecule is COC(=O)C[C@@H]1CCC(=O)NC1. The largest absolute Gasteiger partial charge is 0.469 e. The van der Waals surface area contributed by atoms with E-state index in [1.165, 1.54) is 7.11 Å². The van der Waals surface area contributed by atoms with E-state index in [2.05, 4.69) is 10.1 Å². The highest BCUT2D eigenvalue weighted by molar-refractivity contribution is 5.77. The van der Waals surface area contributed by atoms with Gasteiger partial charge in [0.05, 0.1) is 13.5 Å². The molecule has 1 saturated heterocycles. The molecule has 0 bridgehead atoms. The molecular formula is C8H13NO3. The summed E-state index contributed by atoms with van der Waals surface area (Å²) in [5.41, 5.74) is 0. The van der Waals surface area contributed by atoms with E-state index in [9.17, 15) is 9.59 Å². The minimum Gasteiger partial charge on any atom is -0.469 e. The van der Waals surface area contributed by atoms with Crippen LogP contribution in [-0.4, -0.2) is 25.5 Å². The van der Waals surface area contributed by atoms with Crippen molar-refractivity contribution >= 4 is 11.9 Å². The monoisotopic (exact) mass is 171 g/mol. The summed E-state index contributed by atoms with van der Waals surface area (Å²) in [4.78, 5) is 21.6. The standard InChI is InChI=1S/C8H13NO3/c1-12-8(11)4-6-2-3-7(10)9-5-6/h6H,2-5H2,1H3,(H,9,10)/t6-/m0/s1. The Morgan fingerprint density at radius 2 is 2.50 bits per heavy atom. The third-order valence-electron chi connectivity index (χ3n) is 2.05. The van der Waals surface area contributed by atoms with Crippen molar-refractivity contribution in [3.63, 3.8) is 0 Å². The summed E-state index contributed by atoms with van der Waals surface area (Å²) in [6, 6.07) is 0. The van der Waals surface area contributed by atoms with Crippen molar-refractivity contribution in [3.05, 3.63) is 0 Å². The maximum absolute atomic E-state index is 10.8. The normalized spacial score (nSPS) is 23.1. The average molecular weight is 171 g/mol. The highest BCUT2D eigenvalue weighted by Gasteiger charge is 2.20. The summed E-state index contributed by atoms with van der Waals surface area (Å²) in [5, 5.41) is 2.71. The van der Waals surface area contributed by atoms with Crippen LogP contribution >= 0.6 is 0 Å². The first-order valence-corrected chi connectivity index (χ1v) is 4.06. The van der Waals surface area contributed by atoms with Crippen molar-refractivity contribution in [1.29, 1.82) is 0 Å². The first-order valence-electron chi connectivity index (χ1n) is 4.06. The molecule has 1 heterocycles. The molecule has 4 heteroatoms. The fourth-order valence-electron chi connectivity index (χ4n) is 1.28. The fourth-order valence-corrected chi connectivity index (χ4v) is 1.28.